The van der Waals surface area contributed by atoms with Gasteiger partial charge in [0, 0.05) is 35.5 Å². The predicted molar refractivity (Wildman–Crippen MR) is 166 cm³/mol. The summed E-state index contributed by atoms with van der Waals surface area (Å²) in [4.78, 5) is 67.1. The fourth-order valence-corrected chi connectivity index (χ4v) is 4.80. The summed E-state index contributed by atoms with van der Waals surface area (Å²) in [6.45, 7) is 4.63. The standard InChI is InChI=1S/C32H39F3N6O6/c1-17(2)26(41-29(45)21-9-10-22-20(16-21)13-14-37-22)31(47)40-24(15-19-7-5-4-6-8-19)30(46)38-18(3)28(44)39-23(11-12-25(36)42)27(43)32(33,34)35/h4-10,13-14,16-18,23-24,26-27,37,43H,11-12,15H2,1-3H3,(H2,36,42)(H,38,46)(H,39,44)(H,40,47)(H,41,45). The molecule has 0 saturated heterocycles. The van der Waals surface area contributed by atoms with Crippen LogP contribution in [0.4, 0.5) is 13.2 Å². The van der Waals surface area contributed by atoms with Crippen LogP contribution in [-0.2, 0) is 25.6 Å². The van der Waals surface area contributed by atoms with Crippen molar-refractivity contribution in [3.63, 3.8) is 0 Å². The Bertz CT molecular complexity index is 1560. The molecule has 2 aromatic carbocycles. The second-order valence-electron chi connectivity index (χ2n) is 11.6. The van der Waals surface area contributed by atoms with Gasteiger partial charge in [0.1, 0.15) is 18.1 Å². The number of amides is 5. The maximum Gasteiger partial charge on any atom is 0.416 e. The third-order valence-corrected chi connectivity index (χ3v) is 7.46. The number of carbonyl (C=O) groups is 5. The van der Waals surface area contributed by atoms with Gasteiger partial charge in [0.2, 0.25) is 23.6 Å². The van der Waals surface area contributed by atoms with Gasteiger partial charge in [-0.1, -0.05) is 44.2 Å². The first-order valence-corrected chi connectivity index (χ1v) is 14.9. The first kappa shape index (κ1) is 36.5. The van der Waals surface area contributed by atoms with Crippen molar-refractivity contribution in [3.05, 3.63) is 71.9 Å². The van der Waals surface area contributed by atoms with Gasteiger partial charge in [0.05, 0.1) is 6.04 Å². The molecule has 0 aliphatic rings. The molecule has 254 valence electrons. The molecule has 0 spiro atoms. The highest BCUT2D eigenvalue weighted by atomic mass is 19.4. The summed E-state index contributed by atoms with van der Waals surface area (Å²) in [5.74, 6) is -4.43. The van der Waals surface area contributed by atoms with E-state index in [4.69, 9.17) is 5.73 Å². The van der Waals surface area contributed by atoms with Crippen LogP contribution in [0.3, 0.4) is 0 Å². The molecule has 1 aromatic heterocycles. The van der Waals surface area contributed by atoms with E-state index in [2.05, 4.69) is 20.9 Å². The Hall–Kier alpha value is -4.92. The number of hydrogen-bond donors (Lipinski definition) is 7. The number of fused-ring (bicyclic) bond motifs is 1. The SMILES string of the molecule is CC(NC(=O)C(Cc1ccccc1)NC(=O)C(NC(=O)c1ccc2[nH]ccc2c1)C(C)C)C(=O)NC(CCC(N)=O)C(O)C(F)(F)F. The predicted octanol–water partition coefficient (Wildman–Crippen LogP) is 1.83. The topological polar surface area (TPSA) is 196 Å². The van der Waals surface area contributed by atoms with Crippen LogP contribution in [0.5, 0.6) is 0 Å². The molecule has 5 unspecified atom stereocenters. The zero-order chi connectivity index (χ0) is 34.9. The van der Waals surface area contributed by atoms with Gasteiger partial charge in [0.25, 0.3) is 5.91 Å². The molecule has 47 heavy (non-hydrogen) atoms. The summed E-state index contributed by atoms with van der Waals surface area (Å²) < 4.78 is 39.6. The number of aliphatic hydroxyl groups excluding tert-OH is 1. The Morgan fingerprint density at radius 3 is 2.17 bits per heavy atom. The van der Waals surface area contributed by atoms with Crippen LogP contribution in [0.15, 0.2) is 60.8 Å². The van der Waals surface area contributed by atoms with Gasteiger partial charge in [-0.15, -0.1) is 0 Å². The number of aliphatic hydroxyl groups is 1. The van der Waals surface area contributed by atoms with Crippen LogP contribution in [0.1, 0.15) is 49.5 Å². The molecule has 5 amide bonds. The van der Waals surface area contributed by atoms with Crippen molar-refractivity contribution < 1.29 is 42.3 Å². The van der Waals surface area contributed by atoms with E-state index >= 15 is 0 Å². The zero-order valence-electron chi connectivity index (χ0n) is 26.1. The minimum atomic E-state index is -5.11. The van der Waals surface area contributed by atoms with E-state index in [1.807, 2.05) is 5.32 Å². The number of nitrogens with two attached hydrogens (primary N) is 1. The molecule has 3 aromatic rings. The van der Waals surface area contributed by atoms with Crippen molar-refractivity contribution in [2.24, 2.45) is 11.7 Å². The van der Waals surface area contributed by atoms with Crippen LogP contribution in [-0.4, -0.2) is 76.1 Å². The van der Waals surface area contributed by atoms with Crippen LogP contribution in [0.2, 0.25) is 0 Å². The lowest BCUT2D eigenvalue weighted by atomic mass is 10.00. The number of primary amides is 1. The maximum atomic E-state index is 13.5. The molecule has 3 rings (SSSR count). The van der Waals surface area contributed by atoms with Gasteiger partial charge in [-0.2, -0.15) is 13.2 Å². The maximum absolute atomic E-state index is 13.5. The lowest BCUT2D eigenvalue weighted by molar-refractivity contribution is -0.212. The quantitative estimate of drug-likeness (QED) is 0.130. The molecular weight excluding hydrogens is 621 g/mol. The molecule has 0 aliphatic carbocycles. The number of alkyl halides is 3. The van der Waals surface area contributed by atoms with E-state index in [0.717, 1.165) is 10.9 Å². The zero-order valence-corrected chi connectivity index (χ0v) is 26.1. The second kappa shape index (κ2) is 16.1. The first-order valence-electron chi connectivity index (χ1n) is 14.9. The Balaban J connectivity index is 1.75. The average molecular weight is 661 g/mol. The molecule has 12 nitrogen and oxygen atoms in total. The van der Waals surface area contributed by atoms with Crippen molar-refractivity contribution in [3.8, 4) is 0 Å². The number of hydrogen-bond acceptors (Lipinski definition) is 6. The van der Waals surface area contributed by atoms with E-state index in [9.17, 15) is 42.3 Å². The minimum absolute atomic E-state index is 0.0241. The minimum Gasteiger partial charge on any atom is -0.382 e. The number of nitrogens with one attached hydrogen (secondary N) is 5. The lowest BCUT2D eigenvalue weighted by Gasteiger charge is -2.28. The Kier molecular flexibility index (Phi) is 12.5. The molecule has 0 saturated carbocycles. The van der Waals surface area contributed by atoms with Crippen molar-refractivity contribution in [1.29, 1.82) is 0 Å². The third-order valence-electron chi connectivity index (χ3n) is 7.46. The number of H-pyrrole nitrogens is 1. The summed E-state index contributed by atoms with van der Waals surface area (Å²) in [6.07, 6.45) is -7.54. The summed E-state index contributed by atoms with van der Waals surface area (Å²) in [7, 11) is 0. The molecule has 15 heteroatoms. The number of aromatic amines is 1. The fourth-order valence-electron chi connectivity index (χ4n) is 4.80. The number of carbonyl (C=O) groups excluding carboxylic acids is 5. The average Bonchev–Trinajstić information content (AvgIpc) is 3.48. The largest absolute Gasteiger partial charge is 0.416 e. The third kappa shape index (κ3) is 10.6. The number of halogens is 3. The van der Waals surface area contributed by atoms with E-state index in [1.165, 1.54) is 6.92 Å². The van der Waals surface area contributed by atoms with Crippen molar-refractivity contribution in [2.45, 2.75) is 76.5 Å². The molecule has 0 radical (unpaired) electrons. The first-order chi connectivity index (χ1) is 22.1. The fraction of sp³-hybridized carbons (Fsp3) is 0.406. The van der Waals surface area contributed by atoms with Crippen molar-refractivity contribution in [2.75, 3.05) is 0 Å². The second-order valence-corrected chi connectivity index (χ2v) is 11.6. The summed E-state index contributed by atoms with van der Waals surface area (Å²) in [5.41, 5.74) is 6.82. The van der Waals surface area contributed by atoms with Crippen LogP contribution in [0, 0.1) is 5.92 Å². The molecule has 0 aliphatic heterocycles. The van der Waals surface area contributed by atoms with E-state index in [0.29, 0.717) is 11.1 Å². The van der Waals surface area contributed by atoms with Gasteiger partial charge < -0.3 is 37.1 Å². The molecule has 1 heterocycles. The van der Waals surface area contributed by atoms with E-state index in [-0.39, 0.29) is 6.42 Å². The molecule has 5 atom stereocenters. The van der Waals surface area contributed by atoms with Gasteiger partial charge in [-0.05, 0) is 49.1 Å². The van der Waals surface area contributed by atoms with Crippen molar-refractivity contribution >= 4 is 40.4 Å². The lowest BCUT2D eigenvalue weighted by Crippen LogP contribution is -2.59. The van der Waals surface area contributed by atoms with Gasteiger partial charge in [0.15, 0.2) is 6.10 Å². The summed E-state index contributed by atoms with van der Waals surface area (Å²) in [6, 6.07) is 9.76. The highest BCUT2D eigenvalue weighted by Gasteiger charge is 2.44. The van der Waals surface area contributed by atoms with Crippen LogP contribution < -0.4 is 27.0 Å². The van der Waals surface area contributed by atoms with Gasteiger partial charge in [-0.25, -0.2) is 0 Å². The monoisotopic (exact) mass is 660 g/mol. The van der Waals surface area contributed by atoms with Gasteiger partial charge in [-0.3, -0.25) is 24.0 Å². The number of rotatable bonds is 15. The molecule has 0 fully saturated rings. The van der Waals surface area contributed by atoms with E-state index in [1.54, 1.807) is 74.6 Å². The molecule has 0 bridgehead atoms. The normalized spacial score (nSPS) is 14.8. The Morgan fingerprint density at radius 2 is 1.55 bits per heavy atom. The number of benzene rings is 2. The van der Waals surface area contributed by atoms with Crippen molar-refractivity contribution in [1.82, 2.24) is 26.3 Å². The van der Waals surface area contributed by atoms with Gasteiger partial charge >= 0.3 is 6.18 Å². The summed E-state index contributed by atoms with van der Waals surface area (Å²) in [5, 5.41) is 20.3. The Labute approximate surface area is 269 Å². The highest BCUT2D eigenvalue weighted by molar-refractivity contribution is 6.01. The highest BCUT2D eigenvalue weighted by Crippen LogP contribution is 2.24. The van der Waals surface area contributed by atoms with E-state index < -0.39 is 84.7 Å². The van der Waals surface area contributed by atoms with Crippen LogP contribution >= 0.6 is 0 Å². The molecular formula is C32H39F3N6O6. The smallest absolute Gasteiger partial charge is 0.382 e. The Morgan fingerprint density at radius 1 is 0.872 bits per heavy atom. The number of aromatic nitrogens is 1. The van der Waals surface area contributed by atoms with Crippen LogP contribution in [0.25, 0.3) is 10.9 Å². The molecule has 8 N–H and O–H groups in total. The summed E-state index contributed by atoms with van der Waals surface area (Å²) >= 11 is 0.